The molecule has 0 radical (unpaired) electrons. The minimum Gasteiger partial charge on any atom is -0.452 e. The van der Waals surface area contributed by atoms with Crippen LogP contribution < -0.4 is 10.2 Å². The summed E-state index contributed by atoms with van der Waals surface area (Å²) in [4.78, 5) is 37.0. The lowest BCUT2D eigenvalue weighted by Gasteiger charge is -2.48. The molecule has 0 bridgehead atoms. The first kappa shape index (κ1) is 20.8. The van der Waals surface area contributed by atoms with E-state index in [4.69, 9.17) is 30.2 Å². The molecule has 0 amide bonds. The second kappa shape index (κ2) is 8.99. The summed E-state index contributed by atoms with van der Waals surface area (Å²) in [7, 11) is -2.70. The zero-order valence-electron chi connectivity index (χ0n) is 22.8. The van der Waals surface area contributed by atoms with Gasteiger partial charge in [0.05, 0.1) is 51.4 Å². The number of anilines is 2. The highest BCUT2D eigenvalue weighted by atomic mass is 35.5. The largest absolute Gasteiger partial charge is 0.452 e. The number of aromatic nitrogens is 6. The lowest BCUT2D eigenvalue weighted by Crippen LogP contribution is -2.62. The van der Waals surface area contributed by atoms with Crippen LogP contribution in [0, 0.1) is 0 Å². The molecule has 3 aromatic heterocycles. The maximum Gasteiger partial charge on any atom is 0.419 e. The monoisotopic (exact) mass is 547 g/mol. The standard InChI is InChI=1S/C23H25ClN8O4S/c1-35-21(33)32-8-7-25-19(32)22(5-3-6-22)30-17-16-15(4-9-37(16)34)28-20(29-17)31-12-23(13-31,36-2)18-26-10-14(24)11-27-18/h7-8,10-11H,3-6,9,12-13H2,1-2H3,(H,28,29,30)/i2D3. The quantitative estimate of drug-likeness (QED) is 0.486. The molecule has 5 heterocycles. The van der Waals surface area contributed by atoms with E-state index in [0.717, 1.165) is 6.42 Å². The van der Waals surface area contributed by atoms with Gasteiger partial charge in [0.25, 0.3) is 0 Å². The zero-order valence-corrected chi connectivity index (χ0v) is 21.4. The van der Waals surface area contributed by atoms with Crippen molar-refractivity contribution in [2.24, 2.45) is 0 Å². The van der Waals surface area contributed by atoms with Gasteiger partial charge in [-0.2, -0.15) is 4.98 Å². The first-order chi connectivity index (χ1) is 19.0. The minimum atomic E-state index is -2.70. The number of halogens is 1. The number of nitrogens with zero attached hydrogens (tertiary/aromatic N) is 7. The smallest absolute Gasteiger partial charge is 0.419 e. The molecule has 194 valence electrons. The predicted octanol–water partition coefficient (Wildman–Crippen LogP) is 2.25. The molecular formula is C23H25ClN8O4S. The van der Waals surface area contributed by atoms with Crippen molar-refractivity contribution in [3.63, 3.8) is 0 Å². The Morgan fingerprint density at radius 1 is 1.24 bits per heavy atom. The van der Waals surface area contributed by atoms with Crippen molar-refractivity contribution in [3.05, 3.63) is 47.2 Å². The van der Waals surface area contributed by atoms with E-state index >= 15 is 0 Å². The van der Waals surface area contributed by atoms with Gasteiger partial charge < -0.3 is 19.7 Å². The van der Waals surface area contributed by atoms with Gasteiger partial charge in [0.2, 0.25) is 5.95 Å². The first-order valence-electron chi connectivity index (χ1n) is 13.2. The van der Waals surface area contributed by atoms with Gasteiger partial charge in [-0.3, -0.25) is 4.21 Å². The van der Waals surface area contributed by atoms with Gasteiger partial charge in [0.1, 0.15) is 16.5 Å². The third-order valence-corrected chi connectivity index (χ3v) is 8.73. The fourth-order valence-corrected chi connectivity index (χ4v) is 6.39. The Balaban J connectivity index is 1.34. The van der Waals surface area contributed by atoms with Crippen LogP contribution in [0.5, 0.6) is 0 Å². The van der Waals surface area contributed by atoms with Gasteiger partial charge in [-0.1, -0.05) is 11.6 Å². The van der Waals surface area contributed by atoms with Crippen LogP contribution in [0.4, 0.5) is 16.6 Å². The lowest BCUT2D eigenvalue weighted by molar-refractivity contribution is -0.0461. The SMILES string of the molecule is [2H]C([2H])([2H])OC1(c2ncc(Cl)cn2)CN(c2nc3c(c(NC4(c5nccn5C(=O)OC)CCC4)n2)S(=O)CC3)C1. The van der Waals surface area contributed by atoms with Gasteiger partial charge in [-0.15, -0.1) is 0 Å². The summed E-state index contributed by atoms with van der Waals surface area (Å²) in [6, 6.07) is 0. The van der Waals surface area contributed by atoms with E-state index in [9.17, 15) is 9.00 Å². The summed E-state index contributed by atoms with van der Waals surface area (Å²) in [6.07, 6.45) is 8.03. The molecule has 1 saturated heterocycles. The summed E-state index contributed by atoms with van der Waals surface area (Å²) >= 11 is 5.93. The van der Waals surface area contributed by atoms with Crippen LogP contribution in [0.2, 0.25) is 5.02 Å². The summed E-state index contributed by atoms with van der Waals surface area (Å²) in [6.45, 7) is 0.151. The first-order valence-corrected chi connectivity index (χ1v) is 13.3. The second-order valence-corrected chi connectivity index (χ2v) is 11.2. The Bertz CT molecular complexity index is 1490. The maximum atomic E-state index is 13.0. The average molecular weight is 548 g/mol. The molecule has 2 aliphatic heterocycles. The van der Waals surface area contributed by atoms with Crippen LogP contribution in [-0.2, 0) is 37.8 Å². The van der Waals surface area contributed by atoms with Crippen LogP contribution in [-0.4, -0.2) is 72.8 Å². The molecule has 3 aliphatic rings. The van der Waals surface area contributed by atoms with Crippen LogP contribution in [0.3, 0.4) is 0 Å². The number of nitrogens with one attached hydrogen (secondary N) is 1. The van der Waals surface area contributed by atoms with Gasteiger partial charge in [-0.05, 0) is 19.3 Å². The molecule has 14 heteroatoms. The number of carbonyl (C=O) groups is 1. The van der Waals surface area contributed by atoms with Crippen molar-refractivity contribution in [2.75, 3.05) is 43.2 Å². The molecule has 1 atom stereocenters. The summed E-state index contributed by atoms with van der Waals surface area (Å²) in [5.41, 5.74) is -1.40. The second-order valence-electron chi connectivity index (χ2n) is 9.28. The number of hydrogen-bond acceptors (Lipinski definition) is 11. The van der Waals surface area contributed by atoms with Crippen molar-refractivity contribution >= 4 is 40.3 Å². The van der Waals surface area contributed by atoms with E-state index in [0.29, 0.717) is 58.2 Å². The Morgan fingerprint density at radius 2 is 2.03 bits per heavy atom. The van der Waals surface area contributed by atoms with Crippen LogP contribution in [0.25, 0.3) is 0 Å². The molecule has 1 unspecified atom stereocenters. The van der Waals surface area contributed by atoms with Gasteiger partial charge in [0, 0.05) is 44.0 Å². The van der Waals surface area contributed by atoms with Gasteiger partial charge >= 0.3 is 6.09 Å². The van der Waals surface area contributed by atoms with E-state index in [-0.39, 0.29) is 18.9 Å². The number of aryl methyl sites for hydroxylation is 1. The van der Waals surface area contributed by atoms with E-state index in [2.05, 4.69) is 25.3 Å². The van der Waals surface area contributed by atoms with E-state index in [1.54, 1.807) is 11.1 Å². The molecule has 12 nitrogen and oxygen atoms in total. The topological polar surface area (TPSA) is 137 Å². The zero-order chi connectivity index (χ0) is 28.3. The molecule has 0 aromatic carbocycles. The molecule has 1 aliphatic carbocycles. The van der Waals surface area contributed by atoms with Crippen molar-refractivity contribution in [1.82, 2.24) is 29.5 Å². The number of ether oxygens (including phenoxy) is 2. The Hall–Kier alpha value is -3.16. The summed E-state index contributed by atoms with van der Waals surface area (Å²) in [5.74, 6) is 1.80. The number of imidazole rings is 1. The van der Waals surface area contributed by atoms with Crippen LogP contribution >= 0.6 is 11.6 Å². The Kier molecular flexibility index (Phi) is 5.07. The maximum absolute atomic E-state index is 13.0. The third-order valence-electron chi connectivity index (χ3n) is 7.08. The molecule has 3 aromatic rings. The van der Waals surface area contributed by atoms with E-state index in [1.807, 2.05) is 0 Å². The molecule has 2 fully saturated rings. The lowest BCUT2D eigenvalue weighted by atomic mass is 9.76. The number of carbonyl (C=O) groups excluding carboxylic acids is 1. The van der Waals surface area contributed by atoms with Crippen molar-refractivity contribution in [1.29, 1.82) is 0 Å². The Labute approximate surface area is 224 Å². The molecule has 1 N–H and O–H groups in total. The van der Waals surface area contributed by atoms with Crippen molar-refractivity contribution < 1.29 is 22.6 Å². The van der Waals surface area contributed by atoms with Crippen LogP contribution in [0.1, 0.15) is 40.7 Å². The van der Waals surface area contributed by atoms with E-state index < -0.39 is 35.1 Å². The molecular weight excluding hydrogens is 520 g/mol. The predicted molar refractivity (Wildman–Crippen MR) is 134 cm³/mol. The minimum absolute atomic E-state index is 0.0756. The summed E-state index contributed by atoms with van der Waals surface area (Å²) in [5, 5.41) is 3.77. The average Bonchev–Trinajstić information content (AvgIpc) is 3.50. The van der Waals surface area contributed by atoms with Gasteiger partial charge in [-0.25, -0.2) is 29.3 Å². The molecule has 1 saturated carbocycles. The highest BCUT2D eigenvalue weighted by Crippen LogP contribution is 2.45. The number of fused-ring (bicyclic) bond motifs is 1. The van der Waals surface area contributed by atoms with Crippen molar-refractivity contribution in [3.8, 4) is 0 Å². The Morgan fingerprint density at radius 3 is 2.70 bits per heavy atom. The van der Waals surface area contributed by atoms with Gasteiger partial charge in [0.15, 0.2) is 11.4 Å². The summed E-state index contributed by atoms with van der Waals surface area (Å²) < 4.78 is 47.8. The van der Waals surface area contributed by atoms with Crippen molar-refractivity contribution in [2.45, 2.75) is 41.7 Å². The fraction of sp³-hybridized carbons (Fsp3) is 0.478. The normalized spacial score (nSPS) is 22.6. The fourth-order valence-electron chi connectivity index (χ4n) is 4.99. The van der Waals surface area contributed by atoms with E-state index in [1.165, 1.54) is 30.3 Å². The highest BCUT2D eigenvalue weighted by molar-refractivity contribution is 7.85. The molecule has 6 rings (SSSR count). The third kappa shape index (κ3) is 3.87. The molecule has 37 heavy (non-hydrogen) atoms. The number of methoxy groups -OCH3 is 2. The number of rotatable bonds is 6. The molecule has 0 spiro atoms. The highest BCUT2D eigenvalue weighted by Gasteiger charge is 2.50. The van der Waals surface area contributed by atoms with Crippen LogP contribution in [0.15, 0.2) is 29.7 Å². The number of hydrogen-bond donors (Lipinski definition) is 1.